The smallest absolute Gasteiger partial charge is 0.0658 e. The zero-order valence-corrected chi connectivity index (χ0v) is 8.89. The number of aromatic nitrogens is 1. The summed E-state index contributed by atoms with van der Waals surface area (Å²) in [6.07, 6.45) is 5.22. The van der Waals surface area contributed by atoms with Crippen LogP contribution in [0.3, 0.4) is 0 Å². The van der Waals surface area contributed by atoms with Crippen LogP contribution in [0.5, 0.6) is 0 Å². The van der Waals surface area contributed by atoms with Crippen LogP contribution in [-0.2, 0) is 0 Å². The SMILES string of the molecule is CCC=C(C)c1cc(C)c(C)cn1. The van der Waals surface area contributed by atoms with Crippen molar-refractivity contribution in [2.45, 2.75) is 34.1 Å². The predicted molar refractivity (Wildman–Crippen MR) is 57.7 cm³/mol. The molecule has 0 fully saturated rings. The number of hydrogen-bond acceptors (Lipinski definition) is 1. The van der Waals surface area contributed by atoms with Gasteiger partial charge in [-0.3, -0.25) is 4.98 Å². The van der Waals surface area contributed by atoms with Gasteiger partial charge in [0.2, 0.25) is 0 Å². The van der Waals surface area contributed by atoms with Gasteiger partial charge in [-0.1, -0.05) is 13.0 Å². The van der Waals surface area contributed by atoms with Crippen molar-refractivity contribution in [3.63, 3.8) is 0 Å². The van der Waals surface area contributed by atoms with E-state index in [9.17, 15) is 0 Å². The van der Waals surface area contributed by atoms with Crippen LogP contribution in [0.2, 0.25) is 0 Å². The summed E-state index contributed by atoms with van der Waals surface area (Å²) >= 11 is 0. The number of rotatable bonds is 2. The first kappa shape index (κ1) is 9.97. The highest BCUT2D eigenvalue weighted by Gasteiger charge is 1.98. The van der Waals surface area contributed by atoms with E-state index in [0.29, 0.717) is 0 Å². The van der Waals surface area contributed by atoms with Gasteiger partial charge in [-0.15, -0.1) is 0 Å². The fraction of sp³-hybridized carbons (Fsp3) is 0.417. The molecule has 13 heavy (non-hydrogen) atoms. The van der Waals surface area contributed by atoms with Crippen LogP contribution in [0.25, 0.3) is 5.57 Å². The molecule has 0 aliphatic rings. The van der Waals surface area contributed by atoms with Crippen molar-refractivity contribution >= 4 is 5.57 Å². The topological polar surface area (TPSA) is 12.9 Å². The van der Waals surface area contributed by atoms with Gasteiger partial charge in [-0.25, -0.2) is 0 Å². The summed E-state index contributed by atoms with van der Waals surface area (Å²) in [5, 5.41) is 0. The summed E-state index contributed by atoms with van der Waals surface area (Å²) in [6, 6.07) is 2.15. The highest BCUT2D eigenvalue weighted by Crippen LogP contribution is 2.14. The van der Waals surface area contributed by atoms with Crippen molar-refractivity contribution < 1.29 is 0 Å². The molecule has 0 atom stereocenters. The molecule has 0 unspecified atom stereocenters. The molecule has 0 aliphatic heterocycles. The molecular weight excluding hydrogens is 158 g/mol. The first-order valence-electron chi connectivity index (χ1n) is 4.75. The quantitative estimate of drug-likeness (QED) is 0.670. The van der Waals surface area contributed by atoms with Crippen molar-refractivity contribution in [3.05, 3.63) is 35.2 Å². The molecule has 0 radical (unpaired) electrons. The molecule has 0 saturated carbocycles. The van der Waals surface area contributed by atoms with Crippen LogP contribution < -0.4 is 0 Å². The molecule has 1 heterocycles. The van der Waals surface area contributed by atoms with Crippen LogP contribution in [0, 0.1) is 13.8 Å². The van der Waals surface area contributed by atoms with Crippen molar-refractivity contribution in [1.82, 2.24) is 4.98 Å². The third-order valence-corrected chi connectivity index (χ3v) is 2.29. The number of aryl methyl sites for hydroxylation is 2. The van der Waals surface area contributed by atoms with Gasteiger partial charge in [-0.05, 0) is 50.0 Å². The molecule has 70 valence electrons. The molecule has 0 amide bonds. The Kier molecular flexibility index (Phi) is 3.24. The molecule has 1 aromatic heterocycles. The van der Waals surface area contributed by atoms with Crippen LogP contribution in [-0.4, -0.2) is 4.98 Å². The third kappa shape index (κ3) is 2.41. The summed E-state index contributed by atoms with van der Waals surface area (Å²) in [4.78, 5) is 4.39. The average Bonchev–Trinajstić information content (AvgIpc) is 2.10. The van der Waals surface area contributed by atoms with Gasteiger partial charge in [0.15, 0.2) is 0 Å². The number of nitrogens with zero attached hydrogens (tertiary/aromatic N) is 1. The number of allylic oxidation sites excluding steroid dienone is 2. The van der Waals surface area contributed by atoms with Gasteiger partial charge in [0.25, 0.3) is 0 Å². The Morgan fingerprint density at radius 1 is 1.38 bits per heavy atom. The molecule has 0 aromatic carbocycles. The largest absolute Gasteiger partial charge is 0.256 e. The fourth-order valence-electron chi connectivity index (χ4n) is 1.25. The second-order valence-corrected chi connectivity index (χ2v) is 3.45. The van der Waals surface area contributed by atoms with Crippen molar-refractivity contribution in [2.24, 2.45) is 0 Å². The molecule has 0 aliphatic carbocycles. The van der Waals surface area contributed by atoms with Gasteiger partial charge >= 0.3 is 0 Å². The maximum absolute atomic E-state index is 4.39. The van der Waals surface area contributed by atoms with E-state index in [-0.39, 0.29) is 0 Å². The Morgan fingerprint density at radius 2 is 2.08 bits per heavy atom. The van der Waals surface area contributed by atoms with Crippen LogP contribution in [0.4, 0.5) is 0 Å². The van der Waals surface area contributed by atoms with Crippen LogP contribution >= 0.6 is 0 Å². The van der Waals surface area contributed by atoms with Gasteiger partial charge in [0.05, 0.1) is 5.69 Å². The standard InChI is InChI=1S/C12H17N/c1-5-6-9(2)12-7-10(3)11(4)8-13-12/h6-8H,5H2,1-4H3. The highest BCUT2D eigenvalue weighted by molar-refractivity contribution is 5.60. The second-order valence-electron chi connectivity index (χ2n) is 3.45. The molecular formula is C12H17N. The zero-order valence-electron chi connectivity index (χ0n) is 8.89. The average molecular weight is 175 g/mol. The minimum atomic E-state index is 1.07. The normalized spacial score (nSPS) is 11.8. The Bertz CT molecular complexity index is 324. The van der Waals surface area contributed by atoms with E-state index in [2.05, 4.69) is 44.8 Å². The molecule has 0 spiro atoms. The minimum absolute atomic E-state index is 1.07. The lowest BCUT2D eigenvalue weighted by atomic mass is 10.1. The maximum Gasteiger partial charge on any atom is 0.0658 e. The van der Waals surface area contributed by atoms with Gasteiger partial charge in [0.1, 0.15) is 0 Å². The summed E-state index contributed by atoms with van der Waals surface area (Å²) in [6.45, 7) is 8.47. The predicted octanol–water partition coefficient (Wildman–Crippen LogP) is 3.51. The zero-order chi connectivity index (χ0) is 9.84. The second kappa shape index (κ2) is 4.22. The first-order valence-corrected chi connectivity index (χ1v) is 4.75. The van der Waals surface area contributed by atoms with Crippen LogP contribution in [0.1, 0.15) is 37.1 Å². The van der Waals surface area contributed by atoms with E-state index in [0.717, 1.165) is 12.1 Å². The molecule has 0 saturated heterocycles. The van der Waals surface area contributed by atoms with E-state index in [1.165, 1.54) is 16.7 Å². The summed E-state index contributed by atoms with van der Waals surface area (Å²) < 4.78 is 0. The van der Waals surface area contributed by atoms with Gasteiger partial charge < -0.3 is 0 Å². The lowest BCUT2D eigenvalue weighted by Crippen LogP contribution is -1.90. The summed E-state index contributed by atoms with van der Waals surface area (Å²) in [5.41, 5.74) is 4.94. The molecule has 1 rings (SSSR count). The molecule has 0 N–H and O–H groups in total. The Balaban J connectivity index is 3.04. The lowest BCUT2D eigenvalue weighted by molar-refractivity contribution is 1.16. The van der Waals surface area contributed by atoms with Crippen molar-refractivity contribution in [3.8, 4) is 0 Å². The monoisotopic (exact) mass is 175 g/mol. The molecule has 1 nitrogen and oxygen atoms in total. The number of hydrogen-bond donors (Lipinski definition) is 0. The summed E-state index contributed by atoms with van der Waals surface area (Å²) in [5.74, 6) is 0. The van der Waals surface area contributed by atoms with E-state index in [1.54, 1.807) is 0 Å². The van der Waals surface area contributed by atoms with E-state index in [1.807, 2.05) is 6.20 Å². The first-order chi connectivity index (χ1) is 6.15. The summed E-state index contributed by atoms with van der Waals surface area (Å²) in [7, 11) is 0. The van der Waals surface area contributed by atoms with E-state index in [4.69, 9.17) is 0 Å². The van der Waals surface area contributed by atoms with Crippen molar-refractivity contribution in [1.29, 1.82) is 0 Å². The molecule has 1 heteroatoms. The third-order valence-electron chi connectivity index (χ3n) is 2.29. The molecule has 0 bridgehead atoms. The fourth-order valence-corrected chi connectivity index (χ4v) is 1.25. The van der Waals surface area contributed by atoms with Crippen molar-refractivity contribution in [2.75, 3.05) is 0 Å². The minimum Gasteiger partial charge on any atom is -0.256 e. The molecule has 1 aromatic rings. The van der Waals surface area contributed by atoms with Crippen LogP contribution in [0.15, 0.2) is 18.3 Å². The van der Waals surface area contributed by atoms with Gasteiger partial charge in [-0.2, -0.15) is 0 Å². The van der Waals surface area contributed by atoms with E-state index >= 15 is 0 Å². The highest BCUT2D eigenvalue weighted by atomic mass is 14.7. The van der Waals surface area contributed by atoms with E-state index < -0.39 is 0 Å². The number of pyridine rings is 1. The Labute approximate surface area is 80.5 Å². The maximum atomic E-state index is 4.39. The van der Waals surface area contributed by atoms with Gasteiger partial charge in [0, 0.05) is 6.20 Å². The Morgan fingerprint density at radius 3 is 2.62 bits per heavy atom. The Hall–Kier alpha value is -1.11. The lowest BCUT2D eigenvalue weighted by Gasteiger charge is -2.03.